The quantitative estimate of drug-likeness (QED) is 0.714. The lowest BCUT2D eigenvalue weighted by molar-refractivity contribution is 0.122. The monoisotopic (exact) mass is 274 g/mol. The van der Waals surface area contributed by atoms with E-state index in [9.17, 15) is 0 Å². The Labute approximate surface area is 122 Å². The smallest absolute Gasteiger partial charge is 0.0494 e. The van der Waals surface area contributed by atoms with Crippen LogP contribution in [0.5, 0.6) is 0 Å². The third kappa shape index (κ3) is 4.05. The van der Waals surface area contributed by atoms with Gasteiger partial charge < -0.3 is 15.4 Å². The van der Waals surface area contributed by atoms with Crippen LogP contribution < -0.4 is 10.6 Å². The summed E-state index contributed by atoms with van der Waals surface area (Å²) < 4.78 is 5.65. The number of nitrogens with one attached hydrogen (secondary N) is 2. The second-order valence-corrected chi connectivity index (χ2v) is 6.03. The molecule has 0 spiro atoms. The summed E-state index contributed by atoms with van der Waals surface area (Å²) >= 11 is 0. The first kappa shape index (κ1) is 14.1. The zero-order chi connectivity index (χ0) is 13.6. The van der Waals surface area contributed by atoms with Crippen molar-refractivity contribution in [3.63, 3.8) is 0 Å². The molecule has 3 rings (SSSR count). The Morgan fingerprint density at radius 3 is 3.05 bits per heavy atom. The third-order valence-electron chi connectivity index (χ3n) is 4.26. The van der Waals surface area contributed by atoms with Crippen LogP contribution in [0.3, 0.4) is 0 Å². The van der Waals surface area contributed by atoms with Crippen molar-refractivity contribution < 1.29 is 4.74 Å². The topological polar surface area (TPSA) is 33.3 Å². The first-order valence-electron chi connectivity index (χ1n) is 8.03. The zero-order valence-corrected chi connectivity index (χ0v) is 12.2. The number of benzene rings is 1. The molecule has 1 aliphatic carbocycles. The lowest BCUT2D eigenvalue weighted by atomic mass is 9.94. The van der Waals surface area contributed by atoms with Crippen molar-refractivity contribution in [2.45, 2.75) is 31.7 Å². The largest absolute Gasteiger partial charge is 0.381 e. The Morgan fingerprint density at radius 1 is 1.25 bits per heavy atom. The molecular formula is C17H26N2O. The number of hydrogen-bond donors (Lipinski definition) is 2. The lowest BCUT2D eigenvalue weighted by Crippen LogP contribution is -2.37. The van der Waals surface area contributed by atoms with Crippen molar-refractivity contribution in [2.24, 2.45) is 5.92 Å². The molecule has 110 valence electrons. The minimum atomic E-state index is 0.465. The fraction of sp³-hybridized carbons (Fsp3) is 0.647. The lowest BCUT2D eigenvalue weighted by Gasteiger charge is -2.27. The van der Waals surface area contributed by atoms with Gasteiger partial charge in [-0.2, -0.15) is 0 Å². The van der Waals surface area contributed by atoms with Crippen molar-refractivity contribution in [1.29, 1.82) is 0 Å². The molecule has 0 aromatic heterocycles. The molecule has 1 aromatic carbocycles. The number of ether oxygens (including phenoxy) is 1. The minimum absolute atomic E-state index is 0.465. The Hall–Kier alpha value is -0.900. The van der Waals surface area contributed by atoms with Gasteiger partial charge >= 0.3 is 0 Å². The summed E-state index contributed by atoms with van der Waals surface area (Å²) in [6, 6.07) is 9.27. The van der Waals surface area contributed by atoms with Crippen molar-refractivity contribution in [2.75, 3.05) is 32.8 Å². The first-order chi connectivity index (χ1) is 9.93. The van der Waals surface area contributed by atoms with Gasteiger partial charge in [-0.3, -0.25) is 0 Å². The van der Waals surface area contributed by atoms with Gasteiger partial charge in [-0.1, -0.05) is 24.3 Å². The van der Waals surface area contributed by atoms with Gasteiger partial charge in [0.15, 0.2) is 0 Å². The Balaban J connectivity index is 1.32. The van der Waals surface area contributed by atoms with Crippen LogP contribution in [0.15, 0.2) is 24.3 Å². The van der Waals surface area contributed by atoms with Crippen LogP contribution in [0, 0.1) is 5.92 Å². The van der Waals surface area contributed by atoms with Crippen molar-refractivity contribution in [1.82, 2.24) is 10.6 Å². The maximum Gasteiger partial charge on any atom is 0.0494 e. The number of rotatable bonds is 8. The number of fused-ring (bicyclic) bond motifs is 1. The van der Waals surface area contributed by atoms with E-state index in [1.54, 1.807) is 0 Å². The van der Waals surface area contributed by atoms with Crippen LogP contribution in [-0.4, -0.2) is 32.8 Å². The summed E-state index contributed by atoms with van der Waals surface area (Å²) in [5.41, 5.74) is 2.97. The summed E-state index contributed by atoms with van der Waals surface area (Å²) in [6.45, 7) is 5.04. The van der Waals surface area contributed by atoms with Crippen molar-refractivity contribution >= 4 is 0 Å². The SMILES string of the molecule is c1ccc2c(c1)CCNC2CNCCCOCC1CC1. The molecule has 1 saturated carbocycles. The van der Waals surface area contributed by atoms with E-state index in [0.29, 0.717) is 6.04 Å². The molecule has 1 aliphatic heterocycles. The van der Waals surface area contributed by atoms with Crippen molar-refractivity contribution in [3.8, 4) is 0 Å². The van der Waals surface area contributed by atoms with Crippen LogP contribution in [0.1, 0.15) is 36.4 Å². The minimum Gasteiger partial charge on any atom is -0.381 e. The summed E-state index contributed by atoms with van der Waals surface area (Å²) in [5.74, 6) is 0.880. The van der Waals surface area contributed by atoms with E-state index in [-0.39, 0.29) is 0 Å². The molecule has 0 amide bonds. The van der Waals surface area contributed by atoms with Gasteiger partial charge in [-0.05, 0) is 55.8 Å². The molecule has 0 saturated heterocycles. The summed E-state index contributed by atoms with van der Waals surface area (Å²) in [4.78, 5) is 0. The summed E-state index contributed by atoms with van der Waals surface area (Å²) in [5, 5.41) is 7.16. The molecule has 20 heavy (non-hydrogen) atoms. The normalized spacial score (nSPS) is 21.7. The van der Waals surface area contributed by atoms with Gasteiger partial charge in [0.25, 0.3) is 0 Å². The highest BCUT2D eigenvalue weighted by atomic mass is 16.5. The van der Waals surface area contributed by atoms with E-state index < -0.39 is 0 Å². The fourth-order valence-corrected chi connectivity index (χ4v) is 2.86. The molecule has 1 aromatic rings. The van der Waals surface area contributed by atoms with E-state index in [0.717, 1.165) is 51.6 Å². The molecule has 1 heterocycles. The van der Waals surface area contributed by atoms with Gasteiger partial charge in [0.1, 0.15) is 0 Å². The molecule has 2 aliphatic rings. The molecule has 1 unspecified atom stereocenters. The highest BCUT2D eigenvalue weighted by molar-refractivity contribution is 5.32. The maximum atomic E-state index is 5.65. The molecule has 0 bridgehead atoms. The third-order valence-corrected chi connectivity index (χ3v) is 4.26. The average molecular weight is 274 g/mol. The second-order valence-electron chi connectivity index (χ2n) is 6.03. The van der Waals surface area contributed by atoms with Gasteiger partial charge in [-0.15, -0.1) is 0 Å². The van der Waals surface area contributed by atoms with Gasteiger partial charge in [-0.25, -0.2) is 0 Å². The van der Waals surface area contributed by atoms with Crippen LogP contribution >= 0.6 is 0 Å². The predicted molar refractivity (Wildman–Crippen MR) is 81.9 cm³/mol. The average Bonchev–Trinajstić information content (AvgIpc) is 3.30. The maximum absolute atomic E-state index is 5.65. The van der Waals surface area contributed by atoms with Crippen LogP contribution in [-0.2, 0) is 11.2 Å². The molecule has 3 nitrogen and oxygen atoms in total. The van der Waals surface area contributed by atoms with Gasteiger partial charge in [0.05, 0.1) is 0 Å². The highest BCUT2D eigenvalue weighted by Gasteiger charge is 2.21. The van der Waals surface area contributed by atoms with E-state index >= 15 is 0 Å². The summed E-state index contributed by atoms with van der Waals surface area (Å²) in [7, 11) is 0. The van der Waals surface area contributed by atoms with Gasteiger partial charge in [0.2, 0.25) is 0 Å². The Kier molecular flexibility index (Phi) is 5.06. The fourth-order valence-electron chi connectivity index (χ4n) is 2.86. The zero-order valence-electron chi connectivity index (χ0n) is 12.2. The van der Waals surface area contributed by atoms with Crippen LogP contribution in [0.25, 0.3) is 0 Å². The standard InChI is InChI=1S/C17H26N2O/c1-2-5-16-15(4-1)8-10-19-17(16)12-18-9-3-11-20-13-14-6-7-14/h1-2,4-5,14,17-19H,3,6-13H2. The second kappa shape index (κ2) is 7.21. The molecule has 1 fully saturated rings. The Bertz CT molecular complexity index is 417. The van der Waals surface area contributed by atoms with Crippen LogP contribution in [0.2, 0.25) is 0 Å². The van der Waals surface area contributed by atoms with Gasteiger partial charge in [0, 0.05) is 25.8 Å². The molecular weight excluding hydrogens is 248 g/mol. The molecule has 1 atom stereocenters. The first-order valence-corrected chi connectivity index (χ1v) is 8.03. The number of hydrogen-bond acceptors (Lipinski definition) is 3. The van der Waals surface area contributed by atoms with E-state index in [4.69, 9.17) is 4.74 Å². The highest BCUT2D eigenvalue weighted by Crippen LogP contribution is 2.28. The Morgan fingerprint density at radius 2 is 2.15 bits per heavy atom. The van der Waals surface area contributed by atoms with E-state index in [1.807, 2.05) is 0 Å². The van der Waals surface area contributed by atoms with E-state index in [2.05, 4.69) is 34.9 Å². The molecule has 2 N–H and O–H groups in total. The molecule has 3 heteroatoms. The van der Waals surface area contributed by atoms with Crippen LogP contribution in [0.4, 0.5) is 0 Å². The molecule has 0 radical (unpaired) electrons. The summed E-state index contributed by atoms with van der Waals surface area (Å²) in [6.07, 6.45) is 5.03. The predicted octanol–water partition coefficient (Wildman–Crippen LogP) is 2.28. The van der Waals surface area contributed by atoms with E-state index in [1.165, 1.54) is 24.0 Å². The van der Waals surface area contributed by atoms with Crippen molar-refractivity contribution in [3.05, 3.63) is 35.4 Å².